The molecule has 1 aromatic carbocycles. The summed E-state index contributed by atoms with van der Waals surface area (Å²) >= 11 is 0. The highest BCUT2D eigenvalue weighted by Gasteiger charge is 2.30. The number of nitrogens with zero attached hydrogens (tertiary/aromatic N) is 1. The molecule has 112 valence electrons. The molecule has 0 amide bonds. The zero-order chi connectivity index (χ0) is 15.3. The Hall–Kier alpha value is -1.92. The van der Waals surface area contributed by atoms with E-state index < -0.39 is 11.7 Å². The molecule has 0 bridgehead atoms. The van der Waals surface area contributed by atoms with E-state index in [-0.39, 0.29) is 6.04 Å². The van der Waals surface area contributed by atoms with E-state index in [0.29, 0.717) is 18.4 Å². The first-order chi connectivity index (χ1) is 10.0. The SMILES string of the molecule is NNC(CCc1ccncc1)c1cccc(C(F)(F)F)c1. The zero-order valence-corrected chi connectivity index (χ0v) is 11.3. The minimum absolute atomic E-state index is 0.333. The number of nitrogens with one attached hydrogen (secondary N) is 1. The summed E-state index contributed by atoms with van der Waals surface area (Å²) in [7, 11) is 0. The molecule has 2 rings (SSSR count). The van der Waals surface area contributed by atoms with Gasteiger partial charge in [0.05, 0.1) is 5.56 Å². The van der Waals surface area contributed by atoms with Crippen LogP contribution in [0.2, 0.25) is 0 Å². The monoisotopic (exact) mass is 295 g/mol. The van der Waals surface area contributed by atoms with Crippen molar-refractivity contribution in [2.24, 2.45) is 5.84 Å². The summed E-state index contributed by atoms with van der Waals surface area (Å²) in [5, 5.41) is 0. The Labute approximate surface area is 121 Å². The number of nitrogens with two attached hydrogens (primary N) is 1. The van der Waals surface area contributed by atoms with Gasteiger partial charge in [-0.1, -0.05) is 12.1 Å². The third kappa shape index (κ3) is 4.27. The molecule has 0 aliphatic rings. The number of halogens is 3. The summed E-state index contributed by atoms with van der Waals surface area (Å²) in [4.78, 5) is 3.92. The number of aryl methyl sites for hydroxylation is 1. The van der Waals surface area contributed by atoms with Crippen molar-refractivity contribution in [3.05, 3.63) is 65.5 Å². The molecule has 0 aliphatic heterocycles. The van der Waals surface area contributed by atoms with Gasteiger partial charge in [-0.25, -0.2) is 0 Å². The number of hydrogen-bond donors (Lipinski definition) is 2. The van der Waals surface area contributed by atoms with Gasteiger partial charge in [0, 0.05) is 18.4 Å². The summed E-state index contributed by atoms with van der Waals surface area (Å²) in [6.07, 6.45) is 0.324. The lowest BCUT2D eigenvalue weighted by Gasteiger charge is -2.18. The largest absolute Gasteiger partial charge is 0.416 e. The number of rotatable bonds is 5. The van der Waals surface area contributed by atoms with Crippen LogP contribution in [0.3, 0.4) is 0 Å². The highest BCUT2D eigenvalue weighted by Crippen LogP contribution is 2.31. The first kappa shape index (κ1) is 15.5. The Morgan fingerprint density at radius 1 is 1.14 bits per heavy atom. The average molecular weight is 295 g/mol. The third-order valence-corrected chi connectivity index (χ3v) is 3.29. The molecule has 0 aliphatic carbocycles. The van der Waals surface area contributed by atoms with Crippen LogP contribution in [0, 0.1) is 0 Å². The molecule has 0 spiro atoms. The molecular formula is C15H16F3N3. The molecule has 1 unspecified atom stereocenters. The molecule has 0 fully saturated rings. The molecular weight excluding hydrogens is 279 g/mol. The summed E-state index contributed by atoms with van der Waals surface area (Å²) in [5.74, 6) is 5.48. The molecule has 21 heavy (non-hydrogen) atoms. The average Bonchev–Trinajstić information content (AvgIpc) is 2.48. The van der Waals surface area contributed by atoms with E-state index in [1.807, 2.05) is 12.1 Å². The van der Waals surface area contributed by atoms with Gasteiger partial charge in [0.2, 0.25) is 0 Å². The molecule has 0 saturated heterocycles. The summed E-state index contributed by atoms with van der Waals surface area (Å²) < 4.78 is 38.2. The van der Waals surface area contributed by atoms with Crippen LogP contribution in [0.15, 0.2) is 48.8 Å². The van der Waals surface area contributed by atoms with Gasteiger partial charge < -0.3 is 0 Å². The maximum atomic E-state index is 12.7. The minimum Gasteiger partial charge on any atom is -0.271 e. The molecule has 1 atom stereocenters. The molecule has 0 saturated carbocycles. The Balaban J connectivity index is 2.10. The minimum atomic E-state index is -4.35. The van der Waals surface area contributed by atoms with Crippen molar-refractivity contribution in [3.8, 4) is 0 Å². The standard InChI is InChI=1S/C15H16F3N3/c16-15(17,18)13-3-1-2-12(10-13)14(21-19)5-4-11-6-8-20-9-7-11/h1-3,6-10,14,21H,4-5,19H2. The van der Waals surface area contributed by atoms with Crippen LogP contribution in [0.1, 0.15) is 29.2 Å². The van der Waals surface area contributed by atoms with Crippen LogP contribution in [-0.2, 0) is 12.6 Å². The Morgan fingerprint density at radius 2 is 1.86 bits per heavy atom. The number of hydrazine groups is 1. The predicted molar refractivity (Wildman–Crippen MR) is 74.1 cm³/mol. The molecule has 0 radical (unpaired) electrons. The van der Waals surface area contributed by atoms with Crippen molar-refractivity contribution in [2.75, 3.05) is 0 Å². The van der Waals surface area contributed by atoms with E-state index in [4.69, 9.17) is 5.84 Å². The number of hydrogen-bond acceptors (Lipinski definition) is 3. The Bertz CT molecular complexity index is 570. The van der Waals surface area contributed by atoms with Crippen LogP contribution in [0.25, 0.3) is 0 Å². The lowest BCUT2D eigenvalue weighted by molar-refractivity contribution is -0.137. The fourth-order valence-electron chi connectivity index (χ4n) is 2.14. The number of aromatic nitrogens is 1. The maximum absolute atomic E-state index is 12.7. The lowest BCUT2D eigenvalue weighted by Crippen LogP contribution is -2.28. The molecule has 1 heterocycles. The maximum Gasteiger partial charge on any atom is 0.416 e. The summed E-state index contributed by atoms with van der Waals surface area (Å²) in [6, 6.07) is 8.65. The normalized spacial score (nSPS) is 13.1. The van der Waals surface area contributed by atoms with E-state index >= 15 is 0 Å². The Kier molecular flexibility index (Phi) is 4.93. The van der Waals surface area contributed by atoms with Crippen molar-refractivity contribution in [2.45, 2.75) is 25.1 Å². The van der Waals surface area contributed by atoms with E-state index in [0.717, 1.165) is 17.7 Å². The van der Waals surface area contributed by atoms with E-state index in [1.54, 1.807) is 18.5 Å². The van der Waals surface area contributed by atoms with E-state index in [9.17, 15) is 13.2 Å². The van der Waals surface area contributed by atoms with E-state index in [1.165, 1.54) is 6.07 Å². The van der Waals surface area contributed by atoms with Gasteiger partial charge in [-0.2, -0.15) is 13.2 Å². The van der Waals surface area contributed by atoms with Gasteiger partial charge >= 0.3 is 6.18 Å². The van der Waals surface area contributed by atoms with Gasteiger partial charge in [0.15, 0.2) is 0 Å². The molecule has 3 nitrogen and oxygen atoms in total. The van der Waals surface area contributed by atoms with Crippen LogP contribution in [0.4, 0.5) is 13.2 Å². The molecule has 3 N–H and O–H groups in total. The van der Waals surface area contributed by atoms with Gasteiger partial charge in [0.1, 0.15) is 0 Å². The van der Waals surface area contributed by atoms with Crippen LogP contribution in [-0.4, -0.2) is 4.98 Å². The topological polar surface area (TPSA) is 50.9 Å². The van der Waals surface area contributed by atoms with E-state index in [2.05, 4.69) is 10.4 Å². The van der Waals surface area contributed by atoms with Crippen molar-refractivity contribution in [3.63, 3.8) is 0 Å². The van der Waals surface area contributed by atoms with Gasteiger partial charge in [0.25, 0.3) is 0 Å². The number of pyridine rings is 1. The van der Waals surface area contributed by atoms with Crippen molar-refractivity contribution in [1.29, 1.82) is 0 Å². The fourth-order valence-corrected chi connectivity index (χ4v) is 2.14. The number of alkyl halides is 3. The molecule has 1 aromatic heterocycles. The summed E-state index contributed by atoms with van der Waals surface area (Å²) in [5.41, 5.74) is 3.52. The molecule has 2 aromatic rings. The zero-order valence-electron chi connectivity index (χ0n) is 11.3. The second kappa shape index (κ2) is 6.69. The highest BCUT2D eigenvalue weighted by atomic mass is 19.4. The van der Waals surface area contributed by atoms with Gasteiger partial charge in [-0.05, 0) is 48.2 Å². The Morgan fingerprint density at radius 3 is 2.48 bits per heavy atom. The van der Waals surface area contributed by atoms with Crippen molar-refractivity contribution in [1.82, 2.24) is 10.4 Å². The predicted octanol–water partition coefficient (Wildman–Crippen LogP) is 3.24. The van der Waals surface area contributed by atoms with Gasteiger partial charge in [-0.3, -0.25) is 16.3 Å². The van der Waals surface area contributed by atoms with Crippen molar-refractivity contribution < 1.29 is 13.2 Å². The summed E-state index contributed by atoms with van der Waals surface area (Å²) in [6.45, 7) is 0. The van der Waals surface area contributed by atoms with Crippen molar-refractivity contribution >= 4 is 0 Å². The fraction of sp³-hybridized carbons (Fsp3) is 0.267. The molecule has 6 heteroatoms. The smallest absolute Gasteiger partial charge is 0.271 e. The highest BCUT2D eigenvalue weighted by molar-refractivity contribution is 5.28. The second-order valence-corrected chi connectivity index (χ2v) is 4.74. The number of benzene rings is 1. The van der Waals surface area contributed by atoms with Gasteiger partial charge in [-0.15, -0.1) is 0 Å². The van der Waals surface area contributed by atoms with Crippen LogP contribution < -0.4 is 11.3 Å². The van der Waals surface area contributed by atoms with Crippen LogP contribution in [0.5, 0.6) is 0 Å². The quantitative estimate of drug-likeness (QED) is 0.657. The first-order valence-electron chi connectivity index (χ1n) is 6.53. The van der Waals surface area contributed by atoms with Crippen LogP contribution >= 0.6 is 0 Å². The third-order valence-electron chi connectivity index (χ3n) is 3.29. The lowest BCUT2D eigenvalue weighted by atomic mass is 9.98. The first-order valence-corrected chi connectivity index (χ1v) is 6.53. The second-order valence-electron chi connectivity index (χ2n) is 4.74.